The standard InChI is InChI=1S/C14H22N2O/c1-3-12(2)16-14(17)9-10-15-11-13-7-5-4-6-8-13/h4-8,12,15H,3,9-11H2,1-2H3,(H,16,17). The summed E-state index contributed by atoms with van der Waals surface area (Å²) in [6.45, 7) is 5.63. The molecule has 1 amide bonds. The number of carbonyl (C=O) groups is 1. The van der Waals surface area contributed by atoms with Crippen molar-refractivity contribution in [1.29, 1.82) is 0 Å². The molecule has 1 aromatic carbocycles. The molecule has 3 heteroatoms. The topological polar surface area (TPSA) is 41.1 Å². The predicted molar refractivity (Wildman–Crippen MR) is 70.7 cm³/mol. The van der Waals surface area contributed by atoms with Gasteiger partial charge in [0.05, 0.1) is 0 Å². The lowest BCUT2D eigenvalue weighted by Gasteiger charge is -2.11. The van der Waals surface area contributed by atoms with E-state index in [4.69, 9.17) is 0 Å². The molecule has 0 saturated carbocycles. The molecule has 3 nitrogen and oxygen atoms in total. The highest BCUT2D eigenvalue weighted by Gasteiger charge is 2.04. The van der Waals surface area contributed by atoms with Crippen LogP contribution in [-0.2, 0) is 11.3 Å². The van der Waals surface area contributed by atoms with E-state index in [9.17, 15) is 4.79 Å². The van der Waals surface area contributed by atoms with Crippen molar-refractivity contribution < 1.29 is 4.79 Å². The molecule has 1 aromatic rings. The summed E-state index contributed by atoms with van der Waals surface area (Å²) in [6.07, 6.45) is 1.51. The van der Waals surface area contributed by atoms with E-state index in [1.807, 2.05) is 25.1 Å². The molecule has 17 heavy (non-hydrogen) atoms. The smallest absolute Gasteiger partial charge is 0.221 e. The summed E-state index contributed by atoms with van der Waals surface area (Å²) >= 11 is 0. The van der Waals surface area contributed by atoms with Crippen LogP contribution >= 0.6 is 0 Å². The first-order valence-electron chi connectivity index (χ1n) is 6.26. The molecule has 2 N–H and O–H groups in total. The molecular weight excluding hydrogens is 212 g/mol. The Balaban J connectivity index is 2.10. The van der Waals surface area contributed by atoms with Crippen LogP contribution in [0.15, 0.2) is 30.3 Å². The molecule has 0 aromatic heterocycles. The average molecular weight is 234 g/mol. The second kappa shape index (κ2) is 7.85. The summed E-state index contributed by atoms with van der Waals surface area (Å²) in [5.74, 6) is 0.125. The van der Waals surface area contributed by atoms with Crippen molar-refractivity contribution in [3.05, 3.63) is 35.9 Å². The van der Waals surface area contributed by atoms with Gasteiger partial charge in [-0.3, -0.25) is 4.79 Å². The Kier molecular flexibility index (Phi) is 6.33. The minimum absolute atomic E-state index is 0.125. The fraction of sp³-hybridized carbons (Fsp3) is 0.500. The van der Waals surface area contributed by atoms with Gasteiger partial charge in [-0.15, -0.1) is 0 Å². The maximum atomic E-state index is 11.5. The van der Waals surface area contributed by atoms with Gasteiger partial charge in [0.25, 0.3) is 0 Å². The van der Waals surface area contributed by atoms with Crippen molar-refractivity contribution in [2.45, 2.75) is 39.3 Å². The van der Waals surface area contributed by atoms with Crippen LogP contribution in [0.5, 0.6) is 0 Å². The number of amides is 1. The molecule has 1 unspecified atom stereocenters. The molecule has 0 radical (unpaired) electrons. The van der Waals surface area contributed by atoms with E-state index in [2.05, 4.69) is 29.7 Å². The van der Waals surface area contributed by atoms with Crippen molar-refractivity contribution in [3.8, 4) is 0 Å². The van der Waals surface area contributed by atoms with Crippen LogP contribution in [0.1, 0.15) is 32.3 Å². The number of carbonyl (C=O) groups excluding carboxylic acids is 1. The molecule has 0 heterocycles. The van der Waals surface area contributed by atoms with Crippen LogP contribution in [0.2, 0.25) is 0 Å². The average Bonchev–Trinajstić information content (AvgIpc) is 2.36. The quantitative estimate of drug-likeness (QED) is 0.709. The molecule has 0 aliphatic rings. The van der Waals surface area contributed by atoms with E-state index in [1.54, 1.807) is 0 Å². The van der Waals surface area contributed by atoms with E-state index >= 15 is 0 Å². The van der Waals surface area contributed by atoms with Crippen LogP contribution in [0.3, 0.4) is 0 Å². The number of nitrogens with one attached hydrogen (secondary N) is 2. The normalized spacial score (nSPS) is 12.1. The zero-order chi connectivity index (χ0) is 12.5. The van der Waals surface area contributed by atoms with Gasteiger partial charge in [-0.1, -0.05) is 37.3 Å². The molecular formula is C14H22N2O. The summed E-state index contributed by atoms with van der Waals surface area (Å²) in [5.41, 5.74) is 1.25. The predicted octanol–water partition coefficient (Wildman–Crippen LogP) is 2.08. The highest BCUT2D eigenvalue weighted by atomic mass is 16.1. The molecule has 0 bridgehead atoms. The molecule has 94 valence electrons. The van der Waals surface area contributed by atoms with E-state index in [0.717, 1.165) is 19.5 Å². The fourth-order valence-corrected chi connectivity index (χ4v) is 1.48. The van der Waals surface area contributed by atoms with Gasteiger partial charge in [-0.2, -0.15) is 0 Å². The zero-order valence-electron chi connectivity index (χ0n) is 10.7. The van der Waals surface area contributed by atoms with Crippen molar-refractivity contribution in [1.82, 2.24) is 10.6 Å². The van der Waals surface area contributed by atoms with Gasteiger partial charge in [0.2, 0.25) is 5.91 Å². The molecule has 0 spiro atoms. The largest absolute Gasteiger partial charge is 0.354 e. The van der Waals surface area contributed by atoms with Gasteiger partial charge in [0.15, 0.2) is 0 Å². The molecule has 0 saturated heterocycles. The third kappa shape index (κ3) is 6.07. The maximum absolute atomic E-state index is 11.5. The monoisotopic (exact) mass is 234 g/mol. The lowest BCUT2D eigenvalue weighted by atomic mass is 10.2. The Morgan fingerprint density at radius 3 is 2.65 bits per heavy atom. The van der Waals surface area contributed by atoms with E-state index in [-0.39, 0.29) is 11.9 Å². The molecule has 1 atom stereocenters. The molecule has 0 aliphatic carbocycles. The van der Waals surface area contributed by atoms with Gasteiger partial charge in [-0.05, 0) is 18.9 Å². The van der Waals surface area contributed by atoms with Gasteiger partial charge >= 0.3 is 0 Å². The van der Waals surface area contributed by atoms with Crippen LogP contribution < -0.4 is 10.6 Å². The minimum Gasteiger partial charge on any atom is -0.354 e. The Hall–Kier alpha value is -1.35. The highest BCUT2D eigenvalue weighted by Crippen LogP contribution is 1.97. The lowest BCUT2D eigenvalue weighted by Crippen LogP contribution is -2.33. The third-order valence-electron chi connectivity index (χ3n) is 2.72. The summed E-state index contributed by atoms with van der Waals surface area (Å²) in [4.78, 5) is 11.5. The van der Waals surface area contributed by atoms with Gasteiger partial charge in [-0.25, -0.2) is 0 Å². The molecule has 0 fully saturated rings. The maximum Gasteiger partial charge on any atom is 0.221 e. The van der Waals surface area contributed by atoms with Crippen molar-refractivity contribution in [2.24, 2.45) is 0 Å². The first kappa shape index (κ1) is 13.7. The van der Waals surface area contributed by atoms with Crippen molar-refractivity contribution in [2.75, 3.05) is 6.54 Å². The second-order valence-electron chi connectivity index (χ2n) is 4.29. The van der Waals surface area contributed by atoms with Crippen molar-refractivity contribution in [3.63, 3.8) is 0 Å². The first-order valence-corrected chi connectivity index (χ1v) is 6.26. The Morgan fingerprint density at radius 1 is 1.29 bits per heavy atom. The Morgan fingerprint density at radius 2 is 2.00 bits per heavy atom. The van der Waals surface area contributed by atoms with Gasteiger partial charge in [0, 0.05) is 25.6 Å². The van der Waals surface area contributed by atoms with E-state index in [0.29, 0.717) is 6.42 Å². The lowest BCUT2D eigenvalue weighted by molar-refractivity contribution is -0.121. The molecule has 0 aliphatic heterocycles. The SMILES string of the molecule is CCC(C)NC(=O)CCNCc1ccccc1. The zero-order valence-corrected chi connectivity index (χ0v) is 10.7. The Bertz CT molecular complexity index is 324. The van der Waals surface area contributed by atoms with Crippen LogP contribution in [0, 0.1) is 0 Å². The van der Waals surface area contributed by atoms with E-state index < -0.39 is 0 Å². The summed E-state index contributed by atoms with van der Waals surface area (Å²) in [5, 5.41) is 6.21. The van der Waals surface area contributed by atoms with Crippen molar-refractivity contribution >= 4 is 5.91 Å². The number of benzene rings is 1. The Labute approximate surface area is 104 Å². The van der Waals surface area contributed by atoms with Crippen LogP contribution in [0.25, 0.3) is 0 Å². The van der Waals surface area contributed by atoms with Gasteiger partial charge < -0.3 is 10.6 Å². The number of hydrogen-bond acceptors (Lipinski definition) is 2. The first-order chi connectivity index (χ1) is 8.22. The highest BCUT2D eigenvalue weighted by molar-refractivity contribution is 5.76. The van der Waals surface area contributed by atoms with E-state index in [1.165, 1.54) is 5.56 Å². The summed E-state index contributed by atoms with van der Waals surface area (Å²) in [7, 11) is 0. The van der Waals surface area contributed by atoms with Gasteiger partial charge in [0.1, 0.15) is 0 Å². The summed E-state index contributed by atoms with van der Waals surface area (Å²) in [6, 6.07) is 10.5. The molecule has 1 rings (SSSR count). The minimum atomic E-state index is 0.125. The fourth-order valence-electron chi connectivity index (χ4n) is 1.48. The summed E-state index contributed by atoms with van der Waals surface area (Å²) < 4.78 is 0. The van der Waals surface area contributed by atoms with Crippen LogP contribution in [0.4, 0.5) is 0 Å². The second-order valence-corrected chi connectivity index (χ2v) is 4.29. The number of rotatable bonds is 7. The third-order valence-corrected chi connectivity index (χ3v) is 2.72. The van der Waals surface area contributed by atoms with Crippen LogP contribution in [-0.4, -0.2) is 18.5 Å². The number of hydrogen-bond donors (Lipinski definition) is 2.